The molecule has 24 heavy (non-hydrogen) atoms. The van der Waals surface area contributed by atoms with Gasteiger partial charge in [-0.3, -0.25) is 4.79 Å². The summed E-state index contributed by atoms with van der Waals surface area (Å²) in [7, 11) is 0. The minimum absolute atomic E-state index is 0.0704. The third-order valence-corrected chi connectivity index (χ3v) is 3.94. The summed E-state index contributed by atoms with van der Waals surface area (Å²) in [6, 6.07) is 24.8. The normalized spacial score (nSPS) is 15.8. The number of anilines is 1. The molecule has 0 saturated heterocycles. The number of rotatable bonds is 3. The lowest BCUT2D eigenvalue weighted by Crippen LogP contribution is -2.38. The van der Waals surface area contributed by atoms with Gasteiger partial charge in [-0.1, -0.05) is 42.5 Å². The summed E-state index contributed by atoms with van der Waals surface area (Å²) in [6.07, 6.45) is -0.252. The third-order valence-electron chi connectivity index (χ3n) is 3.94. The SMILES string of the molecule is O=C1N[C@@H](c2ccc(Oc3ccccc3)cc2)Nc2ccccc21. The van der Waals surface area contributed by atoms with E-state index in [1.165, 1.54) is 0 Å². The molecule has 1 aliphatic heterocycles. The second-order valence-corrected chi connectivity index (χ2v) is 5.58. The van der Waals surface area contributed by atoms with Crippen LogP contribution in [0.5, 0.6) is 11.5 Å². The minimum Gasteiger partial charge on any atom is -0.457 e. The first kappa shape index (κ1) is 14.3. The molecule has 1 aliphatic rings. The smallest absolute Gasteiger partial charge is 0.255 e. The summed E-state index contributed by atoms with van der Waals surface area (Å²) in [5, 5.41) is 6.31. The predicted molar refractivity (Wildman–Crippen MR) is 93.2 cm³/mol. The Bertz CT molecular complexity index is 860. The van der Waals surface area contributed by atoms with Gasteiger partial charge in [-0.05, 0) is 42.0 Å². The van der Waals surface area contributed by atoms with Gasteiger partial charge in [0.1, 0.15) is 17.7 Å². The number of para-hydroxylation sites is 2. The van der Waals surface area contributed by atoms with Crippen molar-refractivity contribution in [2.75, 3.05) is 5.32 Å². The number of hydrogen-bond acceptors (Lipinski definition) is 3. The highest BCUT2D eigenvalue weighted by molar-refractivity contribution is 6.01. The monoisotopic (exact) mass is 316 g/mol. The van der Waals surface area contributed by atoms with E-state index in [9.17, 15) is 4.79 Å². The first-order valence-electron chi connectivity index (χ1n) is 7.79. The molecule has 1 amide bonds. The van der Waals surface area contributed by atoms with Crippen LogP contribution < -0.4 is 15.4 Å². The Morgan fingerprint density at radius 1 is 0.708 bits per heavy atom. The Morgan fingerprint density at radius 3 is 2.17 bits per heavy atom. The second-order valence-electron chi connectivity index (χ2n) is 5.58. The number of benzene rings is 3. The molecule has 0 saturated carbocycles. The van der Waals surface area contributed by atoms with Crippen LogP contribution in [0.25, 0.3) is 0 Å². The van der Waals surface area contributed by atoms with E-state index in [-0.39, 0.29) is 12.1 Å². The van der Waals surface area contributed by atoms with E-state index in [0.29, 0.717) is 5.56 Å². The minimum atomic E-state index is -0.252. The molecule has 4 heteroatoms. The zero-order valence-corrected chi connectivity index (χ0v) is 12.9. The van der Waals surface area contributed by atoms with Crippen molar-refractivity contribution in [1.29, 1.82) is 0 Å². The van der Waals surface area contributed by atoms with Gasteiger partial charge in [0.05, 0.1) is 5.56 Å². The Hall–Kier alpha value is -3.27. The number of carbonyl (C=O) groups is 1. The van der Waals surface area contributed by atoms with Crippen LogP contribution in [0.4, 0.5) is 5.69 Å². The molecule has 0 aliphatic carbocycles. The van der Waals surface area contributed by atoms with Gasteiger partial charge in [0.25, 0.3) is 5.91 Å². The third kappa shape index (κ3) is 2.82. The molecule has 1 atom stereocenters. The number of hydrogen-bond donors (Lipinski definition) is 2. The Balaban J connectivity index is 1.53. The van der Waals surface area contributed by atoms with E-state index >= 15 is 0 Å². The Morgan fingerprint density at radius 2 is 1.38 bits per heavy atom. The van der Waals surface area contributed by atoms with Crippen LogP contribution in [0, 0.1) is 0 Å². The van der Waals surface area contributed by atoms with Crippen molar-refractivity contribution < 1.29 is 9.53 Å². The van der Waals surface area contributed by atoms with E-state index in [4.69, 9.17) is 4.74 Å². The Labute approximate surface area is 140 Å². The van der Waals surface area contributed by atoms with Gasteiger partial charge in [-0.2, -0.15) is 0 Å². The topological polar surface area (TPSA) is 50.4 Å². The molecule has 0 fully saturated rings. The molecule has 1 heterocycles. The zero-order valence-electron chi connectivity index (χ0n) is 12.9. The van der Waals surface area contributed by atoms with Gasteiger partial charge in [-0.25, -0.2) is 0 Å². The van der Waals surface area contributed by atoms with Crippen LogP contribution in [0.2, 0.25) is 0 Å². The highest BCUT2D eigenvalue weighted by Crippen LogP contribution is 2.28. The molecular formula is C20H16N2O2. The molecule has 0 spiro atoms. The molecule has 2 N–H and O–H groups in total. The van der Waals surface area contributed by atoms with Gasteiger partial charge in [0.15, 0.2) is 0 Å². The maximum Gasteiger partial charge on any atom is 0.255 e. The number of ether oxygens (including phenoxy) is 1. The lowest BCUT2D eigenvalue weighted by Gasteiger charge is -2.28. The summed E-state index contributed by atoms with van der Waals surface area (Å²) in [5.74, 6) is 1.48. The molecule has 118 valence electrons. The maximum atomic E-state index is 12.2. The van der Waals surface area contributed by atoms with Crippen molar-refractivity contribution in [3.63, 3.8) is 0 Å². The van der Waals surface area contributed by atoms with Crippen LogP contribution in [-0.4, -0.2) is 5.91 Å². The molecule has 4 nitrogen and oxygen atoms in total. The number of nitrogens with one attached hydrogen (secondary N) is 2. The quantitative estimate of drug-likeness (QED) is 0.756. The lowest BCUT2D eigenvalue weighted by molar-refractivity contribution is 0.0935. The molecular weight excluding hydrogens is 300 g/mol. The molecule has 0 radical (unpaired) electrons. The summed E-state index contributed by atoms with van der Waals surface area (Å²) >= 11 is 0. The van der Waals surface area contributed by atoms with Gasteiger partial charge < -0.3 is 15.4 Å². The van der Waals surface area contributed by atoms with Gasteiger partial charge in [0, 0.05) is 5.69 Å². The second kappa shape index (κ2) is 6.08. The maximum absolute atomic E-state index is 12.2. The predicted octanol–water partition coefficient (Wildman–Crippen LogP) is 4.33. The number of amides is 1. The van der Waals surface area contributed by atoms with Crippen LogP contribution in [-0.2, 0) is 0 Å². The highest BCUT2D eigenvalue weighted by atomic mass is 16.5. The largest absolute Gasteiger partial charge is 0.457 e. The van der Waals surface area contributed by atoms with Crippen molar-refractivity contribution in [2.45, 2.75) is 6.17 Å². The Kier molecular flexibility index (Phi) is 3.63. The summed E-state index contributed by atoms with van der Waals surface area (Å²) in [5.41, 5.74) is 2.48. The van der Waals surface area contributed by atoms with Crippen molar-refractivity contribution in [2.24, 2.45) is 0 Å². The molecule has 4 rings (SSSR count). The van der Waals surface area contributed by atoms with Crippen LogP contribution in [0.3, 0.4) is 0 Å². The van der Waals surface area contributed by atoms with E-state index in [1.807, 2.05) is 78.9 Å². The standard InChI is InChI=1S/C20H16N2O2/c23-20-17-8-4-5-9-18(17)21-19(22-20)14-10-12-16(13-11-14)24-15-6-2-1-3-7-15/h1-13,19,21H,(H,22,23)/t19-/m0/s1. The fraction of sp³-hybridized carbons (Fsp3) is 0.0500. The summed E-state index contributed by atoms with van der Waals surface area (Å²) in [4.78, 5) is 12.2. The first-order chi connectivity index (χ1) is 11.8. The average molecular weight is 316 g/mol. The van der Waals surface area contributed by atoms with E-state index in [0.717, 1.165) is 22.7 Å². The number of carbonyl (C=O) groups excluding carboxylic acids is 1. The van der Waals surface area contributed by atoms with Crippen LogP contribution in [0.15, 0.2) is 78.9 Å². The lowest BCUT2D eigenvalue weighted by atomic mass is 10.1. The average Bonchev–Trinajstić information content (AvgIpc) is 2.63. The molecule has 0 unspecified atom stereocenters. The van der Waals surface area contributed by atoms with Crippen LogP contribution in [0.1, 0.15) is 22.1 Å². The van der Waals surface area contributed by atoms with Crippen molar-refractivity contribution in [1.82, 2.24) is 5.32 Å². The summed E-state index contributed by atoms with van der Waals surface area (Å²) < 4.78 is 5.79. The van der Waals surface area contributed by atoms with Crippen molar-refractivity contribution in [3.05, 3.63) is 90.0 Å². The molecule has 3 aromatic rings. The van der Waals surface area contributed by atoms with Crippen LogP contribution >= 0.6 is 0 Å². The van der Waals surface area contributed by atoms with Crippen molar-refractivity contribution >= 4 is 11.6 Å². The first-order valence-corrected chi connectivity index (χ1v) is 7.79. The van der Waals surface area contributed by atoms with Gasteiger partial charge in [-0.15, -0.1) is 0 Å². The fourth-order valence-corrected chi connectivity index (χ4v) is 2.73. The zero-order chi connectivity index (χ0) is 16.4. The highest BCUT2D eigenvalue weighted by Gasteiger charge is 2.23. The van der Waals surface area contributed by atoms with Crippen molar-refractivity contribution in [3.8, 4) is 11.5 Å². The van der Waals surface area contributed by atoms with E-state index in [2.05, 4.69) is 10.6 Å². The summed E-state index contributed by atoms with van der Waals surface area (Å²) in [6.45, 7) is 0. The molecule has 0 bridgehead atoms. The van der Waals surface area contributed by atoms with Gasteiger partial charge in [0.2, 0.25) is 0 Å². The van der Waals surface area contributed by atoms with Gasteiger partial charge >= 0.3 is 0 Å². The van der Waals surface area contributed by atoms with E-state index < -0.39 is 0 Å². The fourth-order valence-electron chi connectivity index (χ4n) is 2.73. The molecule has 3 aromatic carbocycles. The van der Waals surface area contributed by atoms with E-state index in [1.54, 1.807) is 0 Å². The molecule has 0 aromatic heterocycles. The number of fused-ring (bicyclic) bond motifs is 1.